The fourth-order valence-electron chi connectivity index (χ4n) is 3.97. The number of rotatable bonds is 5. The molecule has 1 aliphatic heterocycles. The molecule has 2 aliphatic rings. The third kappa shape index (κ3) is 2.73. The molecule has 2 fully saturated rings. The van der Waals surface area contributed by atoms with Gasteiger partial charge in [0.25, 0.3) is 0 Å². The first-order valence-corrected chi connectivity index (χ1v) is 7.73. The normalized spacial score (nSPS) is 37.8. The Kier molecular flexibility index (Phi) is 4.68. The molecule has 1 saturated carbocycles. The quantitative estimate of drug-likeness (QED) is 0.812. The Bertz CT molecular complexity index is 268. The summed E-state index contributed by atoms with van der Waals surface area (Å²) in [5.74, 6) is 0.900. The highest BCUT2D eigenvalue weighted by atomic mass is 15.2. The summed E-state index contributed by atoms with van der Waals surface area (Å²) < 4.78 is 0. The lowest BCUT2D eigenvalue weighted by Gasteiger charge is -2.40. The van der Waals surface area contributed by atoms with E-state index in [1.54, 1.807) is 0 Å². The Morgan fingerprint density at radius 3 is 2.67 bits per heavy atom. The molecule has 3 nitrogen and oxygen atoms in total. The molecular weight excluding hydrogens is 222 g/mol. The van der Waals surface area contributed by atoms with Gasteiger partial charge in [-0.25, -0.2) is 0 Å². The van der Waals surface area contributed by atoms with Gasteiger partial charge in [0.15, 0.2) is 0 Å². The molecule has 3 unspecified atom stereocenters. The van der Waals surface area contributed by atoms with Crippen LogP contribution in [0.1, 0.15) is 45.4 Å². The number of likely N-dealkylation sites (N-methyl/N-ethyl adjacent to an activating group) is 2. The van der Waals surface area contributed by atoms with Gasteiger partial charge in [-0.1, -0.05) is 13.3 Å². The van der Waals surface area contributed by atoms with Crippen molar-refractivity contribution in [2.45, 2.75) is 57.0 Å². The van der Waals surface area contributed by atoms with Gasteiger partial charge >= 0.3 is 0 Å². The highest BCUT2D eigenvalue weighted by molar-refractivity contribution is 4.99. The summed E-state index contributed by atoms with van der Waals surface area (Å²) in [4.78, 5) is 5.11. The molecule has 0 radical (unpaired) electrons. The summed E-state index contributed by atoms with van der Waals surface area (Å²) in [7, 11) is 4.57. The Morgan fingerprint density at radius 2 is 2.17 bits per heavy atom. The van der Waals surface area contributed by atoms with Crippen LogP contribution in [0.5, 0.6) is 0 Å². The molecular formula is C15H31N3. The second-order valence-corrected chi connectivity index (χ2v) is 6.60. The molecule has 0 bridgehead atoms. The molecule has 3 atom stereocenters. The van der Waals surface area contributed by atoms with E-state index in [0.717, 1.165) is 18.5 Å². The Hall–Kier alpha value is -0.120. The fourth-order valence-corrected chi connectivity index (χ4v) is 3.97. The summed E-state index contributed by atoms with van der Waals surface area (Å²) >= 11 is 0. The standard InChI is InChI=1S/C15H31N3/c1-4-13-7-8-15(10-13,12-16)18(3)11-14-6-5-9-17(14)2/h13-14H,4-12,16H2,1-3H3. The molecule has 2 rings (SSSR count). The summed E-state index contributed by atoms with van der Waals surface area (Å²) in [6, 6.07) is 0.749. The molecule has 0 aromatic carbocycles. The lowest BCUT2D eigenvalue weighted by atomic mass is 9.92. The minimum atomic E-state index is 0.296. The average Bonchev–Trinajstić information content (AvgIpc) is 2.97. The van der Waals surface area contributed by atoms with Gasteiger partial charge in [-0.3, -0.25) is 4.90 Å². The van der Waals surface area contributed by atoms with Crippen molar-refractivity contribution in [1.82, 2.24) is 9.80 Å². The van der Waals surface area contributed by atoms with E-state index in [-0.39, 0.29) is 0 Å². The molecule has 0 spiro atoms. The van der Waals surface area contributed by atoms with Crippen molar-refractivity contribution < 1.29 is 0 Å². The third-order valence-electron chi connectivity index (χ3n) is 5.61. The van der Waals surface area contributed by atoms with Crippen LogP contribution in [0.4, 0.5) is 0 Å². The lowest BCUT2D eigenvalue weighted by molar-refractivity contribution is 0.0964. The number of hydrogen-bond acceptors (Lipinski definition) is 3. The van der Waals surface area contributed by atoms with Crippen LogP contribution in [0.2, 0.25) is 0 Å². The van der Waals surface area contributed by atoms with E-state index in [0.29, 0.717) is 5.54 Å². The summed E-state index contributed by atoms with van der Waals surface area (Å²) in [6.07, 6.45) is 8.03. The molecule has 0 aromatic rings. The predicted molar refractivity (Wildman–Crippen MR) is 77.7 cm³/mol. The van der Waals surface area contributed by atoms with Crippen LogP contribution in [0.25, 0.3) is 0 Å². The van der Waals surface area contributed by atoms with E-state index in [2.05, 4.69) is 30.8 Å². The van der Waals surface area contributed by atoms with Crippen LogP contribution in [0.15, 0.2) is 0 Å². The van der Waals surface area contributed by atoms with E-state index in [4.69, 9.17) is 5.73 Å². The maximum absolute atomic E-state index is 6.14. The van der Waals surface area contributed by atoms with Gasteiger partial charge in [-0.05, 0) is 58.7 Å². The first-order chi connectivity index (χ1) is 8.61. The van der Waals surface area contributed by atoms with Gasteiger partial charge in [0, 0.05) is 24.7 Å². The second kappa shape index (κ2) is 5.89. The first-order valence-electron chi connectivity index (χ1n) is 7.73. The molecule has 0 amide bonds. The van der Waals surface area contributed by atoms with Gasteiger partial charge in [-0.15, -0.1) is 0 Å². The molecule has 18 heavy (non-hydrogen) atoms. The van der Waals surface area contributed by atoms with E-state index in [1.807, 2.05) is 0 Å². The lowest BCUT2D eigenvalue weighted by Crippen LogP contribution is -2.53. The number of nitrogens with two attached hydrogens (primary N) is 1. The van der Waals surface area contributed by atoms with E-state index in [1.165, 1.54) is 51.6 Å². The zero-order valence-corrected chi connectivity index (χ0v) is 12.5. The number of nitrogens with zero attached hydrogens (tertiary/aromatic N) is 2. The molecule has 1 saturated heterocycles. The van der Waals surface area contributed by atoms with Crippen LogP contribution in [0, 0.1) is 5.92 Å². The predicted octanol–water partition coefficient (Wildman–Crippen LogP) is 1.92. The van der Waals surface area contributed by atoms with Crippen LogP contribution < -0.4 is 5.73 Å². The van der Waals surface area contributed by atoms with Crippen molar-refractivity contribution in [3.05, 3.63) is 0 Å². The highest BCUT2D eigenvalue weighted by Crippen LogP contribution is 2.39. The summed E-state index contributed by atoms with van der Waals surface area (Å²) in [6.45, 7) is 5.62. The third-order valence-corrected chi connectivity index (χ3v) is 5.61. The van der Waals surface area contributed by atoms with Crippen molar-refractivity contribution >= 4 is 0 Å². The highest BCUT2D eigenvalue weighted by Gasteiger charge is 2.41. The van der Waals surface area contributed by atoms with Gasteiger partial charge < -0.3 is 10.6 Å². The van der Waals surface area contributed by atoms with Gasteiger partial charge in [-0.2, -0.15) is 0 Å². The molecule has 1 aliphatic carbocycles. The minimum absolute atomic E-state index is 0.296. The Morgan fingerprint density at radius 1 is 1.39 bits per heavy atom. The second-order valence-electron chi connectivity index (χ2n) is 6.60. The van der Waals surface area contributed by atoms with Crippen LogP contribution in [-0.4, -0.2) is 55.1 Å². The van der Waals surface area contributed by atoms with Gasteiger partial charge in [0.1, 0.15) is 0 Å². The van der Waals surface area contributed by atoms with Gasteiger partial charge in [0.2, 0.25) is 0 Å². The van der Waals surface area contributed by atoms with Crippen molar-refractivity contribution in [3.63, 3.8) is 0 Å². The zero-order valence-electron chi connectivity index (χ0n) is 12.5. The van der Waals surface area contributed by atoms with Crippen LogP contribution >= 0.6 is 0 Å². The maximum atomic E-state index is 6.14. The van der Waals surface area contributed by atoms with Crippen molar-refractivity contribution in [2.75, 3.05) is 33.7 Å². The maximum Gasteiger partial charge on any atom is 0.0332 e. The summed E-state index contributed by atoms with van der Waals surface area (Å²) in [5.41, 5.74) is 6.44. The SMILES string of the molecule is CCC1CCC(CN)(N(C)CC2CCCN2C)C1. The van der Waals surface area contributed by atoms with E-state index >= 15 is 0 Å². The number of hydrogen-bond donors (Lipinski definition) is 1. The monoisotopic (exact) mass is 253 g/mol. The first kappa shape index (κ1) is 14.3. The molecule has 3 heteroatoms. The average molecular weight is 253 g/mol. The van der Waals surface area contributed by atoms with Crippen molar-refractivity contribution in [1.29, 1.82) is 0 Å². The van der Waals surface area contributed by atoms with E-state index in [9.17, 15) is 0 Å². The van der Waals surface area contributed by atoms with Crippen molar-refractivity contribution in [3.8, 4) is 0 Å². The van der Waals surface area contributed by atoms with E-state index < -0.39 is 0 Å². The van der Waals surface area contributed by atoms with Crippen LogP contribution in [0.3, 0.4) is 0 Å². The molecule has 1 heterocycles. The zero-order chi connectivity index (χ0) is 13.2. The van der Waals surface area contributed by atoms with Crippen LogP contribution in [-0.2, 0) is 0 Å². The smallest absolute Gasteiger partial charge is 0.0332 e. The fraction of sp³-hybridized carbons (Fsp3) is 1.00. The largest absolute Gasteiger partial charge is 0.329 e. The minimum Gasteiger partial charge on any atom is -0.329 e. The number of likely N-dealkylation sites (tertiary alicyclic amines) is 1. The molecule has 2 N–H and O–H groups in total. The Labute approximate surface area is 113 Å². The summed E-state index contributed by atoms with van der Waals surface area (Å²) in [5, 5.41) is 0. The Balaban J connectivity index is 1.95. The van der Waals surface area contributed by atoms with Gasteiger partial charge in [0.05, 0.1) is 0 Å². The van der Waals surface area contributed by atoms with Crippen molar-refractivity contribution in [2.24, 2.45) is 11.7 Å². The molecule has 0 aromatic heterocycles. The molecule has 106 valence electrons. The topological polar surface area (TPSA) is 32.5 Å².